The van der Waals surface area contributed by atoms with Crippen LogP contribution in [0.15, 0.2) is 18.2 Å². The number of hydrogen-bond donors (Lipinski definition) is 1. The minimum absolute atomic E-state index is 0.0698. The van der Waals surface area contributed by atoms with Crippen molar-refractivity contribution in [3.05, 3.63) is 35.1 Å². The second kappa shape index (κ2) is 6.55. The van der Waals surface area contributed by atoms with Crippen LogP contribution in [-0.2, 0) is 11.2 Å². The van der Waals surface area contributed by atoms with E-state index in [2.05, 4.69) is 0 Å². The molecule has 2 heterocycles. The van der Waals surface area contributed by atoms with Gasteiger partial charge in [0, 0.05) is 18.5 Å². The Bertz CT molecular complexity index is 736. The molecule has 140 valence electrons. The molecule has 5 nitrogen and oxygen atoms in total. The smallest absolute Gasteiger partial charge is 0.410 e. The minimum atomic E-state index is -1.01. The number of benzene rings is 1. The molecule has 1 aromatic carbocycles. The average molecular weight is 360 g/mol. The number of carbonyl (C=O) groups is 1. The minimum Gasteiger partial charge on any atom is -0.444 e. The van der Waals surface area contributed by atoms with E-state index in [0.717, 1.165) is 12.8 Å². The van der Waals surface area contributed by atoms with Crippen molar-refractivity contribution >= 4 is 6.09 Å². The molecule has 2 aliphatic heterocycles. The lowest BCUT2D eigenvalue weighted by Crippen LogP contribution is -2.55. The van der Waals surface area contributed by atoms with Gasteiger partial charge in [-0.25, -0.2) is 9.18 Å². The van der Waals surface area contributed by atoms with Crippen LogP contribution in [0.25, 0.3) is 0 Å². The molecular formula is C20H25FN2O3. The van der Waals surface area contributed by atoms with Crippen LogP contribution in [0.4, 0.5) is 9.18 Å². The van der Waals surface area contributed by atoms with Gasteiger partial charge in [-0.3, -0.25) is 0 Å². The highest BCUT2D eigenvalue weighted by Crippen LogP contribution is 2.43. The highest BCUT2D eigenvalue weighted by molar-refractivity contribution is 5.69. The van der Waals surface area contributed by atoms with Crippen LogP contribution in [0.2, 0.25) is 0 Å². The van der Waals surface area contributed by atoms with Crippen molar-refractivity contribution in [3.63, 3.8) is 0 Å². The number of fused-ring (bicyclic) bond motifs is 2. The zero-order valence-electron chi connectivity index (χ0n) is 15.5. The molecule has 0 aromatic heterocycles. The van der Waals surface area contributed by atoms with Crippen molar-refractivity contribution in [1.82, 2.24) is 4.90 Å². The number of carbonyl (C=O) groups excluding carboxylic acids is 1. The molecule has 26 heavy (non-hydrogen) atoms. The van der Waals surface area contributed by atoms with Gasteiger partial charge in [0.2, 0.25) is 0 Å². The van der Waals surface area contributed by atoms with Crippen LogP contribution in [0.1, 0.15) is 57.6 Å². The second-order valence-electron chi connectivity index (χ2n) is 8.50. The number of nitrogens with zero attached hydrogens (tertiary/aromatic N) is 2. The fraction of sp³-hybridized carbons (Fsp3) is 0.600. The summed E-state index contributed by atoms with van der Waals surface area (Å²) in [5.41, 5.74) is -0.671. The lowest BCUT2D eigenvalue weighted by atomic mass is 9.80. The van der Waals surface area contributed by atoms with Gasteiger partial charge >= 0.3 is 6.09 Å². The number of nitriles is 1. The predicted molar refractivity (Wildman–Crippen MR) is 93.9 cm³/mol. The van der Waals surface area contributed by atoms with E-state index in [-0.39, 0.29) is 30.2 Å². The molecule has 0 radical (unpaired) electrons. The van der Waals surface area contributed by atoms with Gasteiger partial charge in [0.1, 0.15) is 11.4 Å². The summed E-state index contributed by atoms with van der Waals surface area (Å²) in [6.45, 7) is 5.52. The molecule has 0 aliphatic carbocycles. The van der Waals surface area contributed by atoms with Crippen molar-refractivity contribution in [3.8, 4) is 6.07 Å². The fourth-order valence-electron chi connectivity index (χ4n) is 4.24. The zero-order chi connectivity index (χ0) is 19.1. The Kier molecular flexibility index (Phi) is 4.70. The van der Waals surface area contributed by atoms with Crippen LogP contribution in [0.5, 0.6) is 0 Å². The van der Waals surface area contributed by atoms with Crippen LogP contribution in [-0.4, -0.2) is 39.4 Å². The van der Waals surface area contributed by atoms with Gasteiger partial charge in [0.05, 0.1) is 17.2 Å². The first-order valence-electron chi connectivity index (χ1n) is 9.02. The van der Waals surface area contributed by atoms with Gasteiger partial charge in [-0.15, -0.1) is 0 Å². The Balaban J connectivity index is 1.76. The van der Waals surface area contributed by atoms with Crippen LogP contribution in [0, 0.1) is 17.1 Å². The van der Waals surface area contributed by atoms with Gasteiger partial charge in [-0.2, -0.15) is 5.26 Å². The molecule has 1 N–H and O–H groups in total. The Labute approximate surface area is 153 Å². The number of aliphatic hydroxyl groups is 1. The summed E-state index contributed by atoms with van der Waals surface area (Å²) in [6, 6.07) is 5.93. The van der Waals surface area contributed by atoms with Gasteiger partial charge < -0.3 is 14.7 Å². The topological polar surface area (TPSA) is 73.6 Å². The monoisotopic (exact) mass is 360 g/mol. The molecule has 0 saturated carbocycles. The second-order valence-corrected chi connectivity index (χ2v) is 8.50. The lowest BCUT2D eigenvalue weighted by Gasteiger charge is -2.44. The number of amides is 1. The third-order valence-corrected chi connectivity index (χ3v) is 5.17. The molecule has 2 bridgehead atoms. The fourth-order valence-corrected chi connectivity index (χ4v) is 4.24. The molecule has 3 rings (SSSR count). The summed E-state index contributed by atoms with van der Waals surface area (Å²) in [4.78, 5) is 14.3. The van der Waals surface area contributed by atoms with E-state index in [0.29, 0.717) is 18.4 Å². The van der Waals surface area contributed by atoms with Crippen LogP contribution in [0.3, 0.4) is 0 Å². The third kappa shape index (κ3) is 3.83. The number of hydrogen-bond acceptors (Lipinski definition) is 4. The molecule has 2 unspecified atom stereocenters. The van der Waals surface area contributed by atoms with Gasteiger partial charge in [0.25, 0.3) is 0 Å². The molecule has 2 atom stereocenters. The lowest BCUT2D eigenvalue weighted by molar-refractivity contribution is -0.0579. The summed E-state index contributed by atoms with van der Waals surface area (Å²) in [5, 5.41) is 20.4. The van der Waals surface area contributed by atoms with Crippen molar-refractivity contribution < 1.29 is 19.0 Å². The summed E-state index contributed by atoms with van der Waals surface area (Å²) in [7, 11) is 0. The standard InChI is InChI=1S/C20H25FN2O3/c1-19(2,3)26-18(24)23-16-6-7-17(23)11-20(25,10-16)9-13-4-5-15(21)8-14(13)12-22/h4-5,8,16-17,25H,6-7,9-11H2,1-3H3. The van der Waals surface area contributed by atoms with E-state index in [1.165, 1.54) is 12.1 Å². The first kappa shape index (κ1) is 18.7. The van der Waals surface area contributed by atoms with Gasteiger partial charge in [0.15, 0.2) is 0 Å². The van der Waals surface area contributed by atoms with E-state index in [4.69, 9.17) is 4.74 Å². The predicted octanol–water partition coefficient (Wildman–Crippen LogP) is 3.53. The first-order chi connectivity index (χ1) is 12.1. The van der Waals surface area contributed by atoms with Crippen molar-refractivity contribution in [1.29, 1.82) is 5.26 Å². The van der Waals surface area contributed by atoms with E-state index < -0.39 is 17.0 Å². The third-order valence-electron chi connectivity index (χ3n) is 5.17. The maximum Gasteiger partial charge on any atom is 0.410 e. The highest BCUT2D eigenvalue weighted by Gasteiger charge is 2.50. The maximum atomic E-state index is 13.3. The normalized spacial score (nSPS) is 27.9. The van der Waals surface area contributed by atoms with E-state index in [1.807, 2.05) is 26.8 Å². The van der Waals surface area contributed by atoms with E-state index in [1.54, 1.807) is 11.0 Å². The van der Waals surface area contributed by atoms with Crippen molar-refractivity contribution in [2.45, 2.75) is 76.2 Å². The number of piperidine rings is 1. The summed E-state index contributed by atoms with van der Waals surface area (Å²) < 4.78 is 18.9. The Hall–Kier alpha value is -2.13. The molecule has 6 heteroatoms. The quantitative estimate of drug-likeness (QED) is 0.875. The molecule has 2 aliphatic rings. The van der Waals surface area contributed by atoms with Crippen molar-refractivity contribution in [2.75, 3.05) is 0 Å². The zero-order valence-corrected chi connectivity index (χ0v) is 15.5. The van der Waals surface area contributed by atoms with Crippen LogP contribution < -0.4 is 0 Å². The molecular weight excluding hydrogens is 335 g/mol. The Morgan fingerprint density at radius 2 is 2.00 bits per heavy atom. The average Bonchev–Trinajstić information content (AvgIpc) is 2.80. The molecule has 0 spiro atoms. The van der Waals surface area contributed by atoms with Crippen LogP contribution >= 0.6 is 0 Å². The van der Waals surface area contributed by atoms with E-state index in [9.17, 15) is 19.6 Å². The summed E-state index contributed by atoms with van der Waals surface area (Å²) in [5.74, 6) is -0.461. The van der Waals surface area contributed by atoms with Gasteiger partial charge in [-0.05, 0) is 64.2 Å². The summed E-state index contributed by atoms with van der Waals surface area (Å²) >= 11 is 0. The number of rotatable bonds is 2. The summed E-state index contributed by atoms with van der Waals surface area (Å²) in [6.07, 6.45) is 2.49. The maximum absolute atomic E-state index is 13.3. The molecule has 1 amide bonds. The Morgan fingerprint density at radius 3 is 2.54 bits per heavy atom. The molecule has 2 fully saturated rings. The first-order valence-corrected chi connectivity index (χ1v) is 9.02. The molecule has 1 aromatic rings. The molecule has 2 saturated heterocycles. The SMILES string of the molecule is CC(C)(C)OC(=O)N1C2CCC1CC(O)(Cc1ccc(F)cc1C#N)C2. The number of ether oxygens (including phenoxy) is 1. The van der Waals surface area contributed by atoms with Crippen molar-refractivity contribution in [2.24, 2.45) is 0 Å². The largest absolute Gasteiger partial charge is 0.444 e. The number of halogens is 1. The van der Waals surface area contributed by atoms with Gasteiger partial charge in [-0.1, -0.05) is 6.07 Å². The highest BCUT2D eigenvalue weighted by atomic mass is 19.1. The Morgan fingerprint density at radius 1 is 1.38 bits per heavy atom. The van der Waals surface area contributed by atoms with E-state index >= 15 is 0 Å².